The maximum atomic E-state index is 8.77. The third-order valence-electron chi connectivity index (χ3n) is 2.70. The molecule has 0 spiro atoms. The number of hydrogen-bond donors (Lipinski definition) is 3. The zero-order valence-corrected chi connectivity index (χ0v) is 9.63. The highest BCUT2D eigenvalue weighted by Crippen LogP contribution is 2.04. The highest BCUT2D eigenvalue weighted by atomic mass is 16.3. The number of nitrogens with zero attached hydrogens (tertiary/aromatic N) is 1. The second kappa shape index (κ2) is 7.51. The summed E-state index contributed by atoms with van der Waals surface area (Å²) in [6.45, 7) is 5.35. The minimum Gasteiger partial charge on any atom is -0.396 e. The van der Waals surface area contributed by atoms with Crippen LogP contribution in [0.1, 0.15) is 32.6 Å². The third-order valence-corrected chi connectivity index (χ3v) is 2.70. The summed E-state index contributed by atoms with van der Waals surface area (Å²) in [7, 11) is 0. The first-order chi connectivity index (χ1) is 7.33. The van der Waals surface area contributed by atoms with E-state index >= 15 is 0 Å². The molecule has 1 rings (SSSR count). The molecule has 0 aromatic rings. The van der Waals surface area contributed by atoms with E-state index in [1.54, 1.807) is 0 Å². The summed E-state index contributed by atoms with van der Waals surface area (Å²) < 4.78 is 0. The van der Waals surface area contributed by atoms with Crippen molar-refractivity contribution < 1.29 is 5.11 Å². The van der Waals surface area contributed by atoms with Gasteiger partial charge in [0.2, 0.25) is 0 Å². The van der Waals surface area contributed by atoms with Crippen molar-refractivity contribution in [3.8, 4) is 0 Å². The first-order valence-corrected chi connectivity index (χ1v) is 5.96. The van der Waals surface area contributed by atoms with Crippen molar-refractivity contribution in [2.75, 3.05) is 26.2 Å². The topological polar surface area (TPSA) is 56.6 Å². The molecule has 15 heavy (non-hydrogen) atoms. The molecule has 0 bridgehead atoms. The van der Waals surface area contributed by atoms with Crippen LogP contribution in [-0.4, -0.2) is 37.3 Å². The predicted molar refractivity (Wildman–Crippen MR) is 63.0 cm³/mol. The fourth-order valence-corrected chi connectivity index (χ4v) is 1.61. The fraction of sp³-hybridized carbons (Fsp3) is 0.909. The molecule has 1 heterocycles. The average molecular weight is 213 g/mol. The van der Waals surface area contributed by atoms with E-state index in [0.29, 0.717) is 12.5 Å². The summed E-state index contributed by atoms with van der Waals surface area (Å²) >= 11 is 0. The maximum Gasteiger partial charge on any atom is 0.191 e. The van der Waals surface area contributed by atoms with Crippen LogP contribution in [0.4, 0.5) is 0 Å². The second-order valence-corrected chi connectivity index (χ2v) is 4.20. The molecule has 0 aliphatic carbocycles. The van der Waals surface area contributed by atoms with Crippen LogP contribution in [0, 0.1) is 5.92 Å². The first-order valence-electron chi connectivity index (χ1n) is 5.96. The number of hydrogen-bond acceptors (Lipinski definition) is 4. The molecule has 0 unspecified atom stereocenters. The van der Waals surface area contributed by atoms with Gasteiger partial charge in [0.15, 0.2) is 5.96 Å². The third kappa shape index (κ3) is 5.62. The van der Waals surface area contributed by atoms with Crippen LogP contribution < -0.4 is 10.6 Å². The van der Waals surface area contributed by atoms with Gasteiger partial charge in [-0.15, -0.1) is 0 Å². The normalized spacial score (nSPS) is 18.7. The summed E-state index contributed by atoms with van der Waals surface area (Å²) in [5.74, 6) is 1.53. The second-order valence-electron chi connectivity index (χ2n) is 4.20. The maximum absolute atomic E-state index is 8.77. The Labute approximate surface area is 92.2 Å². The van der Waals surface area contributed by atoms with Gasteiger partial charge in [0.05, 0.1) is 0 Å². The zero-order valence-electron chi connectivity index (χ0n) is 9.63. The van der Waals surface area contributed by atoms with Crippen molar-refractivity contribution in [1.29, 1.82) is 0 Å². The largest absolute Gasteiger partial charge is 0.396 e. The summed E-state index contributed by atoms with van der Waals surface area (Å²) in [6, 6.07) is 0. The van der Waals surface area contributed by atoms with E-state index in [4.69, 9.17) is 5.11 Å². The minimum atomic E-state index is 0.292. The summed E-state index contributed by atoms with van der Waals surface area (Å²) in [6.07, 6.45) is 4.36. The minimum absolute atomic E-state index is 0.292. The predicted octanol–water partition coefficient (Wildman–Crippen LogP) is 0.724. The van der Waals surface area contributed by atoms with E-state index in [0.717, 1.165) is 38.4 Å². The molecule has 0 amide bonds. The van der Waals surface area contributed by atoms with E-state index in [9.17, 15) is 0 Å². The number of aliphatic imine (C=N–C) groups is 1. The molecule has 0 radical (unpaired) electrons. The molecule has 0 saturated heterocycles. The molecular formula is C11H23N3O. The van der Waals surface area contributed by atoms with Gasteiger partial charge in [0.1, 0.15) is 0 Å². The summed E-state index contributed by atoms with van der Waals surface area (Å²) in [5, 5.41) is 15.4. The van der Waals surface area contributed by atoms with E-state index < -0.39 is 0 Å². The smallest absolute Gasteiger partial charge is 0.191 e. The van der Waals surface area contributed by atoms with Crippen LogP contribution in [0.3, 0.4) is 0 Å². The average Bonchev–Trinajstić information content (AvgIpc) is 2.47. The highest BCUT2D eigenvalue weighted by Gasteiger charge is 2.04. The standard InChI is InChI=1S/C11H23N3O/c1-10(5-9-15)4-8-14-11-12-6-2-3-7-13-11/h10,15H,2-9H2,1H3,(H2,12,13,14)/t10-/m1/s1. The summed E-state index contributed by atoms with van der Waals surface area (Å²) in [4.78, 5) is 4.41. The molecule has 4 heteroatoms. The monoisotopic (exact) mass is 213 g/mol. The van der Waals surface area contributed by atoms with Gasteiger partial charge in [-0.2, -0.15) is 0 Å². The SMILES string of the molecule is C[C@@H](CCO)CCNC1=NCCCCN1. The van der Waals surface area contributed by atoms with E-state index in [-0.39, 0.29) is 0 Å². The van der Waals surface area contributed by atoms with Gasteiger partial charge in [0.25, 0.3) is 0 Å². The summed E-state index contributed by atoms with van der Waals surface area (Å²) in [5.41, 5.74) is 0. The van der Waals surface area contributed by atoms with Crippen LogP contribution >= 0.6 is 0 Å². The number of nitrogens with one attached hydrogen (secondary N) is 2. The molecule has 1 atom stereocenters. The van der Waals surface area contributed by atoms with Crippen LogP contribution in [0.5, 0.6) is 0 Å². The van der Waals surface area contributed by atoms with Gasteiger partial charge in [0, 0.05) is 26.2 Å². The first kappa shape index (κ1) is 12.3. The van der Waals surface area contributed by atoms with Gasteiger partial charge in [-0.1, -0.05) is 6.92 Å². The Morgan fingerprint density at radius 1 is 1.47 bits per heavy atom. The van der Waals surface area contributed by atoms with Crippen molar-refractivity contribution in [1.82, 2.24) is 10.6 Å². The van der Waals surface area contributed by atoms with Gasteiger partial charge >= 0.3 is 0 Å². The van der Waals surface area contributed by atoms with Crippen molar-refractivity contribution in [2.45, 2.75) is 32.6 Å². The van der Waals surface area contributed by atoms with E-state index in [1.165, 1.54) is 12.8 Å². The molecule has 4 nitrogen and oxygen atoms in total. The molecule has 0 aromatic heterocycles. The molecule has 0 fully saturated rings. The van der Waals surface area contributed by atoms with Crippen LogP contribution in [0.2, 0.25) is 0 Å². The van der Waals surface area contributed by atoms with Crippen LogP contribution in [-0.2, 0) is 0 Å². The lowest BCUT2D eigenvalue weighted by Crippen LogP contribution is -2.37. The molecule has 88 valence electrons. The number of guanidine groups is 1. The molecule has 1 aliphatic heterocycles. The lowest BCUT2D eigenvalue weighted by Gasteiger charge is -2.13. The fourth-order valence-electron chi connectivity index (χ4n) is 1.61. The van der Waals surface area contributed by atoms with Crippen molar-refractivity contribution in [3.05, 3.63) is 0 Å². The Hall–Kier alpha value is -0.770. The van der Waals surface area contributed by atoms with Crippen molar-refractivity contribution in [2.24, 2.45) is 10.9 Å². The van der Waals surface area contributed by atoms with Crippen LogP contribution in [0.15, 0.2) is 4.99 Å². The molecule has 0 aromatic carbocycles. The Bertz CT molecular complexity index is 194. The molecule has 3 N–H and O–H groups in total. The number of rotatable bonds is 5. The number of aliphatic hydroxyl groups is 1. The quantitative estimate of drug-likeness (QED) is 0.631. The molecule has 1 aliphatic rings. The van der Waals surface area contributed by atoms with E-state index in [2.05, 4.69) is 22.5 Å². The van der Waals surface area contributed by atoms with Gasteiger partial charge in [-0.3, -0.25) is 4.99 Å². The number of aliphatic hydroxyl groups excluding tert-OH is 1. The van der Waals surface area contributed by atoms with Crippen molar-refractivity contribution >= 4 is 5.96 Å². The van der Waals surface area contributed by atoms with Gasteiger partial charge in [-0.25, -0.2) is 0 Å². The van der Waals surface area contributed by atoms with E-state index in [1.807, 2.05) is 0 Å². The molecular weight excluding hydrogens is 190 g/mol. The Morgan fingerprint density at radius 3 is 3.13 bits per heavy atom. The van der Waals surface area contributed by atoms with Gasteiger partial charge in [-0.05, 0) is 31.6 Å². The van der Waals surface area contributed by atoms with Crippen LogP contribution in [0.25, 0.3) is 0 Å². The Morgan fingerprint density at radius 2 is 2.33 bits per heavy atom. The Balaban J connectivity index is 2.10. The Kier molecular flexibility index (Phi) is 6.16. The zero-order chi connectivity index (χ0) is 10.9. The molecule has 0 saturated carbocycles. The lowest BCUT2D eigenvalue weighted by molar-refractivity contribution is 0.259. The lowest BCUT2D eigenvalue weighted by atomic mass is 10.1. The highest BCUT2D eigenvalue weighted by molar-refractivity contribution is 5.79. The van der Waals surface area contributed by atoms with Crippen molar-refractivity contribution in [3.63, 3.8) is 0 Å². The van der Waals surface area contributed by atoms with Gasteiger partial charge < -0.3 is 15.7 Å².